The Morgan fingerprint density at radius 2 is 1.84 bits per heavy atom. The van der Waals surface area contributed by atoms with Gasteiger partial charge in [-0.1, -0.05) is 60.2 Å². The van der Waals surface area contributed by atoms with Crippen LogP contribution < -0.4 is 5.73 Å². The van der Waals surface area contributed by atoms with Crippen LogP contribution >= 0.6 is 0 Å². The molecule has 0 unspecified atom stereocenters. The van der Waals surface area contributed by atoms with Gasteiger partial charge in [0.05, 0.1) is 11.8 Å². The van der Waals surface area contributed by atoms with Crippen molar-refractivity contribution in [2.24, 2.45) is 11.1 Å². The third kappa shape index (κ3) is 4.50. The summed E-state index contributed by atoms with van der Waals surface area (Å²) in [5, 5.41) is 0. The van der Waals surface area contributed by atoms with E-state index in [4.69, 9.17) is 5.73 Å². The van der Waals surface area contributed by atoms with Gasteiger partial charge in [0, 0.05) is 31.0 Å². The molecule has 0 bridgehead atoms. The zero-order chi connectivity index (χ0) is 21.8. The van der Waals surface area contributed by atoms with E-state index in [2.05, 4.69) is 4.98 Å². The molecule has 1 aliphatic heterocycles. The lowest BCUT2D eigenvalue weighted by molar-refractivity contribution is -0.131. The van der Waals surface area contributed by atoms with E-state index in [0.717, 1.165) is 27.8 Å². The molecule has 1 aromatic heterocycles. The molecular weight excluding hydrogens is 386 g/mol. The van der Waals surface area contributed by atoms with Crippen LogP contribution in [-0.2, 0) is 22.4 Å². The van der Waals surface area contributed by atoms with Gasteiger partial charge in [0.15, 0.2) is 0 Å². The van der Waals surface area contributed by atoms with E-state index < -0.39 is 5.41 Å². The van der Waals surface area contributed by atoms with Gasteiger partial charge in [-0.15, -0.1) is 0 Å². The summed E-state index contributed by atoms with van der Waals surface area (Å²) < 4.78 is 0. The molecule has 0 aliphatic carbocycles. The lowest BCUT2D eigenvalue weighted by Gasteiger charge is -2.27. The average molecular weight is 414 g/mol. The Kier molecular flexibility index (Phi) is 5.85. The number of nitrogens with two attached hydrogens (primary N) is 1. The summed E-state index contributed by atoms with van der Waals surface area (Å²) in [5.74, 6) is -0.313. The van der Waals surface area contributed by atoms with Crippen molar-refractivity contribution in [3.63, 3.8) is 0 Å². The number of primary amides is 1. The fourth-order valence-electron chi connectivity index (χ4n) is 4.35. The van der Waals surface area contributed by atoms with Gasteiger partial charge in [0.25, 0.3) is 0 Å². The maximum absolute atomic E-state index is 12.9. The van der Waals surface area contributed by atoms with Crippen LogP contribution in [0.3, 0.4) is 0 Å². The first-order chi connectivity index (χ1) is 15.0. The summed E-state index contributed by atoms with van der Waals surface area (Å²) in [6.07, 6.45) is 4.97. The highest BCUT2D eigenvalue weighted by Gasteiger charge is 2.45. The molecule has 31 heavy (non-hydrogen) atoms. The third-order valence-corrected chi connectivity index (χ3v) is 6.22. The number of amides is 2. The van der Waals surface area contributed by atoms with Crippen LogP contribution in [0.4, 0.5) is 0 Å². The number of carbonyl (C=O) groups is 2. The van der Waals surface area contributed by atoms with Crippen molar-refractivity contribution < 1.29 is 9.59 Å². The molecule has 2 aromatic carbocycles. The molecule has 3 aromatic rings. The molecule has 158 valence electrons. The normalized spacial score (nSPS) is 18.2. The van der Waals surface area contributed by atoms with Crippen LogP contribution in [0.25, 0.3) is 11.1 Å². The fraction of sp³-hybridized carbons (Fsp3) is 0.269. The number of carbonyl (C=O) groups excluding carboxylic acids is 2. The molecule has 1 fully saturated rings. The summed E-state index contributed by atoms with van der Waals surface area (Å²) in [6, 6.07) is 19.9. The molecule has 0 saturated carbocycles. The molecule has 5 heteroatoms. The lowest BCUT2D eigenvalue weighted by Crippen LogP contribution is -2.42. The first kappa shape index (κ1) is 20.8. The standard InChI is InChI=1S/C26H27N3O2/c1-19-8-10-20(11-9-19)15-24(30)29-14-12-26(18-29,25(27)31)16-21-5-2-3-7-23(21)22-6-4-13-28-17-22/h2-11,13,17H,12,14-16,18H2,1H3,(H2,27,31)/t26-/m0/s1. The van der Waals surface area contributed by atoms with Crippen molar-refractivity contribution in [2.75, 3.05) is 13.1 Å². The highest BCUT2D eigenvalue weighted by atomic mass is 16.2. The van der Waals surface area contributed by atoms with Gasteiger partial charge in [0.1, 0.15) is 0 Å². The van der Waals surface area contributed by atoms with Gasteiger partial charge in [-0.2, -0.15) is 0 Å². The Hall–Kier alpha value is -3.47. The Morgan fingerprint density at radius 3 is 2.55 bits per heavy atom. The topological polar surface area (TPSA) is 76.3 Å². The Bertz CT molecular complexity index is 1080. The fourth-order valence-corrected chi connectivity index (χ4v) is 4.35. The molecule has 2 heterocycles. The minimum absolute atomic E-state index is 0.0347. The molecule has 5 nitrogen and oxygen atoms in total. The Balaban J connectivity index is 1.54. The SMILES string of the molecule is Cc1ccc(CC(=O)N2CC[C@@](Cc3ccccc3-c3cccnc3)(C(N)=O)C2)cc1. The van der Waals surface area contributed by atoms with Crippen LogP contribution in [0.5, 0.6) is 0 Å². The van der Waals surface area contributed by atoms with Crippen molar-refractivity contribution >= 4 is 11.8 Å². The first-order valence-electron chi connectivity index (χ1n) is 10.6. The number of aryl methyl sites for hydroxylation is 1. The number of rotatable bonds is 6. The third-order valence-electron chi connectivity index (χ3n) is 6.22. The van der Waals surface area contributed by atoms with Crippen LogP contribution in [0.1, 0.15) is 23.1 Å². The summed E-state index contributed by atoms with van der Waals surface area (Å²) >= 11 is 0. The van der Waals surface area contributed by atoms with E-state index >= 15 is 0 Å². The van der Waals surface area contributed by atoms with Crippen molar-refractivity contribution in [1.82, 2.24) is 9.88 Å². The van der Waals surface area contributed by atoms with Gasteiger partial charge in [0.2, 0.25) is 11.8 Å². The smallest absolute Gasteiger partial charge is 0.227 e. The molecule has 0 radical (unpaired) electrons. The number of hydrogen-bond donors (Lipinski definition) is 1. The van der Waals surface area contributed by atoms with Gasteiger partial charge >= 0.3 is 0 Å². The molecule has 0 spiro atoms. The second-order valence-electron chi connectivity index (χ2n) is 8.45. The van der Waals surface area contributed by atoms with Gasteiger partial charge in [-0.3, -0.25) is 14.6 Å². The van der Waals surface area contributed by atoms with Crippen molar-refractivity contribution in [3.05, 3.63) is 89.7 Å². The number of nitrogens with zero attached hydrogens (tertiary/aromatic N) is 2. The van der Waals surface area contributed by atoms with Gasteiger partial charge < -0.3 is 10.6 Å². The summed E-state index contributed by atoms with van der Waals surface area (Å²) in [7, 11) is 0. The monoisotopic (exact) mass is 413 g/mol. The predicted octanol–water partition coefficient (Wildman–Crippen LogP) is 3.55. The van der Waals surface area contributed by atoms with Crippen molar-refractivity contribution in [1.29, 1.82) is 0 Å². The van der Waals surface area contributed by atoms with Crippen LogP contribution in [0.2, 0.25) is 0 Å². The van der Waals surface area contributed by atoms with Crippen LogP contribution in [-0.4, -0.2) is 34.8 Å². The summed E-state index contributed by atoms with van der Waals surface area (Å²) in [5.41, 5.74) is 10.4. The van der Waals surface area contributed by atoms with Gasteiger partial charge in [-0.25, -0.2) is 0 Å². The average Bonchev–Trinajstić information content (AvgIpc) is 3.22. The van der Waals surface area contributed by atoms with E-state index in [0.29, 0.717) is 32.4 Å². The number of pyridine rings is 1. The molecule has 4 rings (SSSR count). The minimum Gasteiger partial charge on any atom is -0.369 e. The molecule has 2 N–H and O–H groups in total. The number of hydrogen-bond acceptors (Lipinski definition) is 3. The van der Waals surface area contributed by atoms with E-state index in [1.807, 2.05) is 73.8 Å². The van der Waals surface area contributed by atoms with E-state index in [1.165, 1.54) is 0 Å². The lowest BCUT2D eigenvalue weighted by atomic mass is 9.78. The number of benzene rings is 2. The quantitative estimate of drug-likeness (QED) is 0.671. The second-order valence-corrected chi connectivity index (χ2v) is 8.45. The zero-order valence-electron chi connectivity index (χ0n) is 17.8. The number of likely N-dealkylation sites (tertiary alicyclic amines) is 1. The molecule has 1 aliphatic rings. The maximum atomic E-state index is 12.9. The van der Waals surface area contributed by atoms with Gasteiger partial charge in [-0.05, 0) is 42.5 Å². The Morgan fingerprint density at radius 1 is 1.06 bits per heavy atom. The number of aromatic nitrogens is 1. The predicted molar refractivity (Wildman–Crippen MR) is 121 cm³/mol. The van der Waals surface area contributed by atoms with Crippen LogP contribution in [0.15, 0.2) is 73.1 Å². The molecule has 1 atom stereocenters. The summed E-state index contributed by atoms with van der Waals surface area (Å²) in [4.78, 5) is 31.5. The molecule has 2 amide bonds. The maximum Gasteiger partial charge on any atom is 0.227 e. The van der Waals surface area contributed by atoms with E-state index in [9.17, 15) is 9.59 Å². The largest absolute Gasteiger partial charge is 0.369 e. The van der Waals surface area contributed by atoms with Crippen LogP contribution in [0, 0.1) is 12.3 Å². The first-order valence-corrected chi connectivity index (χ1v) is 10.6. The minimum atomic E-state index is -0.763. The zero-order valence-corrected chi connectivity index (χ0v) is 17.8. The second kappa shape index (κ2) is 8.72. The Labute approximate surface area is 182 Å². The summed E-state index contributed by atoms with van der Waals surface area (Å²) in [6.45, 7) is 2.92. The highest BCUT2D eigenvalue weighted by molar-refractivity contribution is 5.85. The van der Waals surface area contributed by atoms with E-state index in [-0.39, 0.29) is 11.8 Å². The highest BCUT2D eigenvalue weighted by Crippen LogP contribution is 2.37. The van der Waals surface area contributed by atoms with E-state index in [1.54, 1.807) is 11.1 Å². The molecular formula is C26H27N3O2. The van der Waals surface area contributed by atoms with Crippen molar-refractivity contribution in [2.45, 2.75) is 26.2 Å². The molecule has 1 saturated heterocycles. The van der Waals surface area contributed by atoms with Crippen molar-refractivity contribution in [3.8, 4) is 11.1 Å².